The van der Waals surface area contributed by atoms with Gasteiger partial charge in [0.2, 0.25) is 0 Å². The second-order valence-electron chi connectivity index (χ2n) is 10.1. The summed E-state index contributed by atoms with van der Waals surface area (Å²) in [4.78, 5) is 21.5. The number of carbonyl (C=O) groups excluding carboxylic acids is 1. The molecule has 0 heterocycles. The number of hydrogen-bond donors (Lipinski definition) is 2. The average molecular weight is 507 g/mol. The van der Waals surface area contributed by atoms with Crippen LogP contribution >= 0.6 is 8.60 Å². The highest BCUT2D eigenvalue weighted by molar-refractivity contribution is 7.40. The van der Waals surface area contributed by atoms with Gasteiger partial charge in [0.15, 0.2) is 0 Å². The Hall–Kier alpha value is -0.560. The minimum atomic E-state index is -2.03. The third-order valence-electron chi connectivity index (χ3n) is 5.42. The third-order valence-corrected chi connectivity index (χ3v) is 6.19. The van der Waals surface area contributed by atoms with Crippen LogP contribution in [0.2, 0.25) is 0 Å². The maximum absolute atomic E-state index is 11.8. The average Bonchev–Trinajstić information content (AvgIpc) is 2.78. The molecule has 2 unspecified atom stereocenters. The number of aliphatic hydroxyl groups is 1. The molecule has 2 N–H and O–H groups in total. The number of rotatable bonds is 24. The highest BCUT2D eigenvalue weighted by atomic mass is 31.2. The molecule has 0 aromatic rings. The SMILES string of the molecule is CCCCCCCC/C=C\CCCCCCCC(=O)OCC(O)COP(O)OCC[N+](C)(C)C. The van der Waals surface area contributed by atoms with Crippen molar-refractivity contribution in [3.63, 3.8) is 0 Å². The lowest BCUT2D eigenvalue weighted by Crippen LogP contribution is -2.37. The number of esters is 1. The Kier molecular flexibility index (Phi) is 22.5. The zero-order valence-corrected chi connectivity index (χ0v) is 23.3. The van der Waals surface area contributed by atoms with Gasteiger partial charge in [-0.2, -0.15) is 0 Å². The van der Waals surface area contributed by atoms with Gasteiger partial charge in [0, 0.05) is 6.42 Å². The van der Waals surface area contributed by atoms with Crippen LogP contribution in [-0.4, -0.2) is 74.1 Å². The minimum Gasteiger partial charge on any atom is -0.463 e. The fraction of sp³-hybridized carbons (Fsp3) is 0.885. The quantitative estimate of drug-likeness (QED) is 0.0559. The standard InChI is InChI=1S/C26H53NO6P/c1-5-6-7-8-9-10-11-12-13-14-15-16-17-18-19-20-26(29)31-23-25(28)24-33-34(30)32-22-21-27(2,3)4/h12-13,25,28,30H,5-11,14-24H2,1-4H3/q+1/b13-12-. The Morgan fingerprint density at radius 2 is 1.41 bits per heavy atom. The summed E-state index contributed by atoms with van der Waals surface area (Å²) in [6, 6.07) is 0. The van der Waals surface area contributed by atoms with E-state index in [2.05, 4.69) is 19.1 Å². The van der Waals surface area contributed by atoms with Crippen LogP contribution in [0.5, 0.6) is 0 Å². The molecule has 0 saturated carbocycles. The number of unbranched alkanes of at least 4 members (excludes halogenated alkanes) is 11. The molecule has 0 aromatic carbocycles. The molecule has 0 amide bonds. The van der Waals surface area contributed by atoms with Gasteiger partial charge in [0.25, 0.3) is 0 Å². The summed E-state index contributed by atoms with van der Waals surface area (Å²) < 4.78 is 16.1. The van der Waals surface area contributed by atoms with Crippen molar-refractivity contribution in [1.29, 1.82) is 0 Å². The van der Waals surface area contributed by atoms with Crippen molar-refractivity contribution in [2.75, 3.05) is 47.5 Å². The summed E-state index contributed by atoms with van der Waals surface area (Å²) in [5, 5.41) is 9.84. The molecule has 0 aliphatic rings. The molecule has 0 saturated heterocycles. The second kappa shape index (κ2) is 22.9. The fourth-order valence-corrected chi connectivity index (χ4v) is 3.84. The van der Waals surface area contributed by atoms with E-state index < -0.39 is 14.7 Å². The van der Waals surface area contributed by atoms with Gasteiger partial charge in [-0.1, -0.05) is 70.4 Å². The largest absolute Gasteiger partial charge is 0.463 e. The lowest BCUT2D eigenvalue weighted by atomic mass is 10.1. The summed E-state index contributed by atoms with van der Waals surface area (Å²) in [6.45, 7) is 3.09. The van der Waals surface area contributed by atoms with E-state index in [9.17, 15) is 14.8 Å². The number of hydrogen-bond acceptors (Lipinski definition) is 6. The first-order valence-electron chi connectivity index (χ1n) is 13.3. The normalized spacial score (nSPS) is 13.9. The molecule has 0 aliphatic heterocycles. The van der Waals surface area contributed by atoms with Crippen molar-refractivity contribution in [3.05, 3.63) is 12.2 Å². The summed E-state index contributed by atoms with van der Waals surface area (Å²) in [5.41, 5.74) is 0. The zero-order chi connectivity index (χ0) is 25.5. The summed E-state index contributed by atoms with van der Waals surface area (Å²) in [5.74, 6) is -0.304. The van der Waals surface area contributed by atoms with Crippen molar-refractivity contribution in [1.82, 2.24) is 0 Å². The third kappa shape index (κ3) is 26.1. The van der Waals surface area contributed by atoms with Gasteiger partial charge in [-0.3, -0.25) is 4.79 Å². The van der Waals surface area contributed by atoms with Gasteiger partial charge in [-0.15, -0.1) is 0 Å². The molecule has 0 radical (unpaired) electrons. The van der Waals surface area contributed by atoms with Crippen LogP contribution in [-0.2, 0) is 18.6 Å². The van der Waals surface area contributed by atoms with Gasteiger partial charge in [-0.05, 0) is 32.1 Å². The van der Waals surface area contributed by atoms with E-state index in [1.54, 1.807) is 0 Å². The molecule has 0 bridgehead atoms. The maximum Gasteiger partial charge on any atom is 0.330 e. The molecule has 34 heavy (non-hydrogen) atoms. The lowest BCUT2D eigenvalue weighted by Gasteiger charge is -2.24. The Bertz CT molecular complexity index is 498. The van der Waals surface area contributed by atoms with Crippen LogP contribution in [0.15, 0.2) is 12.2 Å². The van der Waals surface area contributed by atoms with Crippen molar-refractivity contribution in [2.45, 2.75) is 103 Å². The highest BCUT2D eigenvalue weighted by Crippen LogP contribution is 2.32. The molecule has 0 rings (SSSR count). The predicted molar refractivity (Wildman–Crippen MR) is 140 cm³/mol. The first-order valence-corrected chi connectivity index (χ1v) is 14.4. The van der Waals surface area contributed by atoms with Crippen molar-refractivity contribution in [3.8, 4) is 0 Å². The van der Waals surface area contributed by atoms with E-state index in [1.165, 1.54) is 57.8 Å². The summed E-state index contributed by atoms with van der Waals surface area (Å²) >= 11 is 0. The van der Waals surface area contributed by atoms with Gasteiger partial charge in [0.05, 0.1) is 27.7 Å². The number of likely N-dealkylation sites (N-methyl/N-ethyl adjacent to an activating group) is 1. The van der Waals surface area contributed by atoms with Crippen molar-refractivity contribution >= 4 is 14.6 Å². The maximum atomic E-state index is 11.8. The van der Waals surface area contributed by atoms with E-state index in [0.717, 1.165) is 36.7 Å². The summed E-state index contributed by atoms with van der Waals surface area (Å²) in [7, 11) is 4.05. The molecule has 202 valence electrons. The van der Waals surface area contributed by atoms with E-state index in [-0.39, 0.29) is 19.2 Å². The molecule has 7 nitrogen and oxygen atoms in total. The fourth-order valence-electron chi connectivity index (χ4n) is 3.23. The molecular formula is C26H53NO6P+. The molecule has 0 fully saturated rings. The monoisotopic (exact) mass is 506 g/mol. The number of carbonyl (C=O) groups is 1. The number of aliphatic hydroxyl groups excluding tert-OH is 1. The van der Waals surface area contributed by atoms with E-state index in [4.69, 9.17) is 13.8 Å². The molecule has 0 aliphatic carbocycles. The van der Waals surface area contributed by atoms with E-state index >= 15 is 0 Å². The van der Waals surface area contributed by atoms with Crippen molar-refractivity contribution in [2.24, 2.45) is 0 Å². The van der Waals surface area contributed by atoms with Crippen LogP contribution in [0.3, 0.4) is 0 Å². The Morgan fingerprint density at radius 3 is 2.00 bits per heavy atom. The topological polar surface area (TPSA) is 85.2 Å². The highest BCUT2D eigenvalue weighted by Gasteiger charge is 2.15. The number of nitrogens with zero attached hydrogens (tertiary/aromatic N) is 1. The minimum absolute atomic E-state index is 0.132. The molecule has 8 heteroatoms. The Morgan fingerprint density at radius 1 is 0.853 bits per heavy atom. The second-order valence-corrected chi connectivity index (χ2v) is 11.0. The smallest absolute Gasteiger partial charge is 0.330 e. The molecule has 0 spiro atoms. The molecule has 2 atom stereocenters. The van der Waals surface area contributed by atoms with Gasteiger partial charge >= 0.3 is 14.6 Å². The molecule has 0 aromatic heterocycles. The van der Waals surface area contributed by atoms with Crippen LogP contribution in [0.25, 0.3) is 0 Å². The van der Waals surface area contributed by atoms with Crippen LogP contribution in [0.1, 0.15) is 96.8 Å². The first-order chi connectivity index (χ1) is 16.2. The van der Waals surface area contributed by atoms with Gasteiger partial charge < -0.3 is 28.3 Å². The molecular weight excluding hydrogens is 453 g/mol. The van der Waals surface area contributed by atoms with Crippen LogP contribution < -0.4 is 0 Å². The number of quaternary nitrogens is 1. The lowest BCUT2D eigenvalue weighted by molar-refractivity contribution is -0.870. The van der Waals surface area contributed by atoms with Crippen molar-refractivity contribution < 1.29 is 33.1 Å². The number of allylic oxidation sites excluding steroid dienone is 2. The number of ether oxygens (including phenoxy) is 1. The first kappa shape index (κ1) is 33.4. The van der Waals surface area contributed by atoms with Crippen LogP contribution in [0, 0.1) is 0 Å². The van der Waals surface area contributed by atoms with E-state index in [1.807, 2.05) is 21.1 Å². The zero-order valence-electron chi connectivity index (χ0n) is 22.4. The van der Waals surface area contributed by atoms with Gasteiger partial charge in [-0.25, -0.2) is 0 Å². The van der Waals surface area contributed by atoms with E-state index in [0.29, 0.717) is 13.0 Å². The van der Waals surface area contributed by atoms with Crippen LogP contribution in [0.4, 0.5) is 0 Å². The predicted octanol–water partition coefficient (Wildman–Crippen LogP) is 5.89. The van der Waals surface area contributed by atoms with Gasteiger partial charge in [0.1, 0.15) is 25.9 Å². The Labute approximate surface area is 210 Å². The Balaban J connectivity index is 3.48. The summed E-state index contributed by atoms with van der Waals surface area (Å²) in [6.07, 6.45) is 19.9.